The van der Waals surface area contributed by atoms with Crippen molar-refractivity contribution in [2.24, 2.45) is 0 Å². The quantitative estimate of drug-likeness (QED) is 0.209. The van der Waals surface area contributed by atoms with E-state index in [4.69, 9.17) is 4.74 Å². The zero-order valence-electron chi connectivity index (χ0n) is 12.8. The summed E-state index contributed by atoms with van der Waals surface area (Å²) >= 11 is 4.03. The van der Waals surface area contributed by atoms with E-state index in [9.17, 15) is 4.79 Å². The molecule has 0 aromatic carbocycles. The van der Waals surface area contributed by atoms with Crippen LogP contribution in [-0.2, 0) is 9.53 Å². The summed E-state index contributed by atoms with van der Waals surface area (Å²) in [4.78, 5) is 11.2. The Labute approximate surface area is 125 Å². The Morgan fingerprint density at radius 3 is 1.74 bits per heavy atom. The average molecular weight is 288 g/mol. The molecular weight excluding hydrogens is 256 g/mol. The van der Waals surface area contributed by atoms with Crippen molar-refractivity contribution in [2.75, 3.05) is 0 Å². The normalized spacial score (nSPS) is 12.4. The molecule has 0 fully saturated rings. The Bertz CT molecular complexity index is 205. The molecule has 0 rings (SSSR count). The van der Waals surface area contributed by atoms with Gasteiger partial charge in [-0.25, -0.2) is 0 Å². The Morgan fingerprint density at radius 2 is 1.32 bits per heavy atom. The van der Waals surface area contributed by atoms with Gasteiger partial charge in [-0.1, -0.05) is 71.1 Å². The van der Waals surface area contributed by atoms with Crippen LogP contribution in [-0.4, -0.2) is 11.4 Å². The first kappa shape index (κ1) is 18.8. The van der Waals surface area contributed by atoms with Crippen molar-refractivity contribution in [3.05, 3.63) is 0 Å². The Morgan fingerprint density at radius 1 is 0.895 bits per heavy atom. The monoisotopic (exact) mass is 288 g/mol. The first-order chi connectivity index (χ1) is 9.16. The molecule has 0 radical (unpaired) electrons. The molecular formula is C16H32O2S. The van der Waals surface area contributed by atoms with Gasteiger partial charge in [0.05, 0.1) is 0 Å². The lowest BCUT2D eigenvalue weighted by atomic mass is 10.1. The van der Waals surface area contributed by atoms with Crippen molar-refractivity contribution in [3.63, 3.8) is 0 Å². The van der Waals surface area contributed by atoms with Gasteiger partial charge in [0.15, 0.2) is 0 Å². The lowest BCUT2D eigenvalue weighted by Crippen LogP contribution is -2.08. The lowest BCUT2D eigenvalue weighted by Gasteiger charge is -2.06. The van der Waals surface area contributed by atoms with Gasteiger partial charge in [-0.05, 0) is 13.3 Å². The highest BCUT2D eigenvalue weighted by molar-refractivity contribution is 7.80. The molecule has 0 aliphatic carbocycles. The number of ether oxygens (including phenoxy) is 1. The molecule has 0 heterocycles. The van der Waals surface area contributed by atoms with Gasteiger partial charge in [0.2, 0.25) is 0 Å². The maximum Gasteiger partial charge on any atom is 0.306 e. The molecule has 1 unspecified atom stereocenters. The van der Waals surface area contributed by atoms with Gasteiger partial charge in [-0.2, -0.15) is 0 Å². The molecule has 0 aromatic rings. The van der Waals surface area contributed by atoms with E-state index in [1.165, 1.54) is 57.8 Å². The van der Waals surface area contributed by atoms with E-state index in [2.05, 4.69) is 19.6 Å². The van der Waals surface area contributed by atoms with E-state index in [1.54, 1.807) is 6.92 Å². The first-order valence-corrected chi connectivity index (χ1v) is 8.56. The van der Waals surface area contributed by atoms with Gasteiger partial charge >= 0.3 is 5.97 Å². The summed E-state index contributed by atoms with van der Waals surface area (Å²) in [6.07, 6.45) is 14.9. The second-order valence-corrected chi connectivity index (χ2v) is 6.10. The van der Waals surface area contributed by atoms with Gasteiger partial charge in [0.1, 0.15) is 5.44 Å². The van der Waals surface area contributed by atoms with E-state index in [1.807, 2.05) is 0 Å². The number of unbranched alkanes of at least 4 members (excludes halogenated alkanes) is 10. The number of carbonyl (C=O) groups excluding carboxylic acids is 1. The summed E-state index contributed by atoms with van der Waals surface area (Å²) in [7, 11) is 0. The van der Waals surface area contributed by atoms with Crippen LogP contribution in [0.5, 0.6) is 0 Å². The smallest absolute Gasteiger partial charge is 0.306 e. The number of carbonyl (C=O) groups is 1. The topological polar surface area (TPSA) is 26.3 Å². The molecule has 1 atom stereocenters. The highest BCUT2D eigenvalue weighted by Crippen LogP contribution is 2.12. The fourth-order valence-electron chi connectivity index (χ4n) is 2.18. The number of esters is 1. The van der Waals surface area contributed by atoms with Crippen LogP contribution in [0.1, 0.15) is 90.9 Å². The summed E-state index contributed by atoms with van der Waals surface area (Å²) in [6, 6.07) is 0. The molecule has 19 heavy (non-hydrogen) atoms. The van der Waals surface area contributed by atoms with Crippen LogP contribution >= 0.6 is 12.6 Å². The predicted octanol–water partition coefficient (Wildman–Crippen LogP) is 5.51. The first-order valence-electron chi connectivity index (χ1n) is 8.04. The number of thiol groups is 1. The van der Waals surface area contributed by atoms with E-state index in [0.717, 1.165) is 12.8 Å². The zero-order chi connectivity index (χ0) is 14.3. The summed E-state index contributed by atoms with van der Waals surface area (Å²) in [5.41, 5.74) is -0.278. The number of rotatable bonds is 13. The molecule has 0 aliphatic heterocycles. The molecule has 0 spiro atoms. The van der Waals surface area contributed by atoms with E-state index in [-0.39, 0.29) is 11.4 Å². The van der Waals surface area contributed by atoms with E-state index < -0.39 is 0 Å². The second-order valence-electron chi connectivity index (χ2n) is 5.37. The number of hydrogen-bond donors (Lipinski definition) is 1. The minimum atomic E-state index is -0.278. The summed E-state index contributed by atoms with van der Waals surface area (Å²) in [5, 5.41) is 0. The molecule has 0 amide bonds. The Balaban J connectivity index is 3.08. The van der Waals surface area contributed by atoms with Crippen LogP contribution < -0.4 is 0 Å². The molecule has 2 nitrogen and oxygen atoms in total. The van der Waals surface area contributed by atoms with Gasteiger partial charge in [0.25, 0.3) is 0 Å². The molecule has 0 bridgehead atoms. The Hall–Kier alpha value is -0.180. The Kier molecular flexibility index (Phi) is 14.1. The second kappa shape index (κ2) is 14.2. The van der Waals surface area contributed by atoms with Crippen LogP contribution in [0.4, 0.5) is 0 Å². The molecule has 0 saturated heterocycles. The van der Waals surface area contributed by atoms with Crippen molar-refractivity contribution in [1.29, 1.82) is 0 Å². The van der Waals surface area contributed by atoms with Crippen molar-refractivity contribution in [3.8, 4) is 0 Å². The maximum atomic E-state index is 11.2. The minimum absolute atomic E-state index is 0.113. The molecule has 0 aromatic heterocycles. The fourth-order valence-corrected chi connectivity index (χ4v) is 2.30. The van der Waals surface area contributed by atoms with Crippen molar-refractivity contribution < 1.29 is 9.53 Å². The van der Waals surface area contributed by atoms with Gasteiger partial charge in [-0.3, -0.25) is 4.79 Å². The zero-order valence-corrected chi connectivity index (χ0v) is 13.7. The molecule has 0 saturated carbocycles. The van der Waals surface area contributed by atoms with Gasteiger partial charge in [0, 0.05) is 6.42 Å². The number of hydrogen-bond acceptors (Lipinski definition) is 3. The predicted molar refractivity (Wildman–Crippen MR) is 85.6 cm³/mol. The lowest BCUT2D eigenvalue weighted by molar-refractivity contribution is -0.144. The third kappa shape index (κ3) is 15.8. The summed E-state index contributed by atoms with van der Waals surface area (Å²) in [6.45, 7) is 4.02. The largest absolute Gasteiger partial charge is 0.452 e. The third-order valence-electron chi connectivity index (χ3n) is 3.29. The van der Waals surface area contributed by atoms with Crippen LogP contribution in [0, 0.1) is 0 Å². The van der Waals surface area contributed by atoms with Crippen LogP contribution in [0.3, 0.4) is 0 Å². The van der Waals surface area contributed by atoms with E-state index in [0.29, 0.717) is 6.42 Å². The minimum Gasteiger partial charge on any atom is -0.452 e. The average Bonchev–Trinajstić information content (AvgIpc) is 2.35. The maximum absolute atomic E-state index is 11.2. The SMILES string of the molecule is CCCCCCCCCCCCCC(=O)OC(C)S. The third-order valence-corrected chi connectivity index (χ3v) is 3.39. The summed E-state index contributed by atoms with van der Waals surface area (Å²) in [5.74, 6) is -0.113. The van der Waals surface area contributed by atoms with Crippen molar-refractivity contribution in [1.82, 2.24) is 0 Å². The fraction of sp³-hybridized carbons (Fsp3) is 0.938. The van der Waals surface area contributed by atoms with Crippen LogP contribution in [0.2, 0.25) is 0 Å². The standard InChI is InChI=1S/C16H32O2S/c1-3-4-5-6-7-8-9-10-11-12-13-14-16(17)18-15(2)19/h15,19H,3-14H2,1-2H3. The highest BCUT2D eigenvalue weighted by Gasteiger charge is 2.04. The van der Waals surface area contributed by atoms with E-state index >= 15 is 0 Å². The van der Waals surface area contributed by atoms with Crippen LogP contribution in [0.25, 0.3) is 0 Å². The van der Waals surface area contributed by atoms with Crippen molar-refractivity contribution >= 4 is 18.6 Å². The summed E-state index contributed by atoms with van der Waals surface area (Å²) < 4.78 is 4.97. The highest BCUT2D eigenvalue weighted by atomic mass is 32.1. The molecule has 0 aliphatic rings. The molecule has 114 valence electrons. The van der Waals surface area contributed by atoms with Crippen LogP contribution in [0.15, 0.2) is 0 Å². The van der Waals surface area contributed by atoms with Gasteiger partial charge in [-0.15, -0.1) is 12.6 Å². The molecule has 3 heteroatoms. The van der Waals surface area contributed by atoms with Gasteiger partial charge < -0.3 is 4.74 Å². The molecule has 0 N–H and O–H groups in total. The van der Waals surface area contributed by atoms with Crippen molar-refractivity contribution in [2.45, 2.75) is 96.3 Å².